The van der Waals surface area contributed by atoms with Crippen molar-refractivity contribution in [1.29, 1.82) is 0 Å². The molecule has 9 heteroatoms. The number of alkyl carbamates (subject to hydrolysis) is 1. The molecule has 226 valence electrons. The number of hydrogen-bond acceptors (Lipinski definition) is 7. The van der Waals surface area contributed by atoms with Crippen LogP contribution in [0.25, 0.3) is 16.8 Å². The molecular weight excluding hydrogens is 536 g/mol. The molecule has 5 rings (SSSR count). The van der Waals surface area contributed by atoms with Gasteiger partial charge in [0, 0.05) is 19.1 Å². The topological polar surface area (TPSA) is 103 Å². The van der Waals surface area contributed by atoms with Crippen molar-refractivity contribution in [3.63, 3.8) is 0 Å². The predicted octanol–water partition coefficient (Wildman–Crippen LogP) is 5.19. The van der Waals surface area contributed by atoms with E-state index in [1.54, 1.807) is 14.2 Å². The zero-order valence-corrected chi connectivity index (χ0v) is 25.5. The van der Waals surface area contributed by atoms with Gasteiger partial charge in [-0.2, -0.15) is 0 Å². The Labute approximate surface area is 247 Å². The summed E-state index contributed by atoms with van der Waals surface area (Å²) in [6.07, 6.45) is 7.60. The number of hydrogen-bond donors (Lipinski definition) is 1. The first kappa shape index (κ1) is 29.9. The fraction of sp³-hybridized carbons (Fsp3) is 0.545. The van der Waals surface area contributed by atoms with E-state index >= 15 is 0 Å². The maximum absolute atomic E-state index is 14.2. The third-order valence-electron chi connectivity index (χ3n) is 9.23. The number of carbonyl (C=O) groups is 3. The van der Waals surface area contributed by atoms with Gasteiger partial charge in [0.25, 0.3) is 0 Å². The van der Waals surface area contributed by atoms with Crippen LogP contribution in [-0.4, -0.2) is 69.4 Å². The summed E-state index contributed by atoms with van der Waals surface area (Å²) in [7, 11) is 4.57. The summed E-state index contributed by atoms with van der Waals surface area (Å²) in [6.45, 7) is 5.99. The molecule has 2 aromatic carbocycles. The molecule has 3 atom stereocenters. The Balaban J connectivity index is 1.62. The van der Waals surface area contributed by atoms with Crippen LogP contribution in [0.2, 0.25) is 0 Å². The van der Waals surface area contributed by atoms with Crippen LogP contribution in [0.5, 0.6) is 5.75 Å². The van der Waals surface area contributed by atoms with Crippen LogP contribution < -0.4 is 10.1 Å². The van der Waals surface area contributed by atoms with Gasteiger partial charge in [-0.05, 0) is 71.0 Å². The summed E-state index contributed by atoms with van der Waals surface area (Å²) < 4.78 is 22.6. The highest BCUT2D eigenvalue weighted by molar-refractivity contribution is 5.92. The van der Waals surface area contributed by atoms with E-state index in [4.69, 9.17) is 18.9 Å². The molecule has 42 heavy (non-hydrogen) atoms. The number of allylic oxidation sites excluding steroid dienone is 1. The van der Waals surface area contributed by atoms with Gasteiger partial charge >= 0.3 is 12.1 Å². The lowest BCUT2D eigenvalue weighted by molar-refractivity contribution is -0.152. The van der Waals surface area contributed by atoms with Gasteiger partial charge in [-0.15, -0.1) is 0 Å². The standard InChI is InChI=1S/C33H42N2O7/c1-31(2,3)27-28(36)35-20-33(41-6,19-25(35)29(37)40-5)24-10-9-21-18-26(39-4)22(16-23(21)17-24)8-7-11-32(12-13-32)14-15-42-30(38)34-27/h7-10,16-18,25,27H,11-15,19-20H2,1-6H3,(H,34,38)/t25-,27+,33-/m0/s1. The SMILES string of the molecule is COC(=O)[C@@H]1C[C@]2(OC)CN1C(=O)[C@H](C(C)(C)C)NC(=O)OCCC1(CC=Cc3cc4cc2ccc4cc3OC)CC1. The number of amides is 2. The first-order chi connectivity index (χ1) is 19.9. The average Bonchev–Trinajstić information content (AvgIpc) is 3.61. The van der Waals surface area contributed by atoms with Crippen molar-refractivity contribution in [2.24, 2.45) is 10.8 Å². The number of nitrogens with zero attached hydrogens (tertiary/aromatic N) is 1. The van der Waals surface area contributed by atoms with Crippen molar-refractivity contribution >= 4 is 34.8 Å². The third kappa shape index (κ3) is 5.71. The van der Waals surface area contributed by atoms with E-state index in [9.17, 15) is 14.4 Å². The molecule has 1 saturated carbocycles. The lowest BCUT2D eigenvalue weighted by Gasteiger charge is -2.35. The number of methoxy groups -OCH3 is 3. The molecule has 5 bridgehead atoms. The van der Waals surface area contributed by atoms with Gasteiger partial charge in [-0.3, -0.25) is 4.79 Å². The van der Waals surface area contributed by atoms with E-state index < -0.39 is 35.2 Å². The summed E-state index contributed by atoms with van der Waals surface area (Å²) >= 11 is 0. The second kappa shape index (κ2) is 11.2. The molecule has 1 N–H and O–H groups in total. The van der Waals surface area contributed by atoms with Crippen LogP contribution in [0, 0.1) is 10.8 Å². The zero-order valence-electron chi connectivity index (χ0n) is 25.5. The highest BCUT2D eigenvalue weighted by Crippen LogP contribution is 2.52. The highest BCUT2D eigenvalue weighted by atomic mass is 16.5. The minimum atomic E-state index is -0.969. The van der Waals surface area contributed by atoms with Gasteiger partial charge in [0.15, 0.2) is 0 Å². The minimum absolute atomic E-state index is 0.111. The van der Waals surface area contributed by atoms with Gasteiger partial charge in [-0.1, -0.05) is 45.1 Å². The zero-order chi connectivity index (χ0) is 30.3. The summed E-state index contributed by atoms with van der Waals surface area (Å²) in [5, 5.41) is 4.81. The Morgan fingerprint density at radius 3 is 2.45 bits per heavy atom. The number of fused-ring (bicyclic) bond motifs is 5. The maximum Gasteiger partial charge on any atom is 0.407 e. The molecule has 0 radical (unpaired) electrons. The molecule has 2 heterocycles. The van der Waals surface area contributed by atoms with Gasteiger partial charge in [0.1, 0.15) is 23.4 Å². The predicted molar refractivity (Wildman–Crippen MR) is 159 cm³/mol. The van der Waals surface area contributed by atoms with E-state index in [-0.39, 0.29) is 30.9 Å². The minimum Gasteiger partial charge on any atom is -0.496 e. The number of carbonyl (C=O) groups excluding carboxylic acids is 3. The smallest absolute Gasteiger partial charge is 0.407 e. The van der Waals surface area contributed by atoms with E-state index in [2.05, 4.69) is 29.6 Å². The third-order valence-corrected chi connectivity index (χ3v) is 9.23. The molecule has 3 aliphatic rings. The number of nitrogens with one attached hydrogen (secondary N) is 1. The Kier molecular flexibility index (Phi) is 8.00. The highest BCUT2D eigenvalue weighted by Gasteiger charge is 2.53. The average molecular weight is 579 g/mol. The van der Waals surface area contributed by atoms with Crippen molar-refractivity contribution in [1.82, 2.24) is 10.2 Å². The first-order valence-electron chi connectivity index (χ1n) is 14.6. The molecule has 2 aromatic rings. The molecule has 2 aliphatic heterocycles. The number of rotatable bonds is 3. The lowest BCUT2D eigenvalue weighted by atomic mass is 9.85. The van der Waals surface area contributed by atoms with Crippen LogP contribution in [-0.2, 0) is 29.4 Å². The number of benzene rings is 2. The lowest BCUT2D eigenvalue weighted by Crippen LogP contribution is -2.57. The van der Waals surface area contributed by atoms with Crippen LogP contribution in [0.3, 0.4) is 0 Å². The number of ether oxygens (including phenoxy) is 4. The van der Waals surface area contributed by atoms with Crippen molar-refractivity contribution in [3.8, 4) is 5.75 Å². The van der Waals surface area contributed by atoms with Gasteiger partial charge in [-0.25, -0.2) is 9.59 Å². The van der Waals surface area contributed by atoms with Crippen LogP contribution in [0.1, 0.15) is 64.0 Å². The van der Waals surface area contributed by atoms with E-state index in [0.717, 1.165) is 53.3 Å². The van der Waals surface area contributed by atoms with E-state index in [0.29, 0.717) is 0 Å². The molecule has 9 nitrogen and oxygen atoms in total. The molecule has 2 fully saturated rings. The van der Waals surface area contributed by atoms with Gasteiger partial charge in [0.2, 0.25) is 5.91 Å². The largest absolute Gasteiger partial charge is 0.496 e. The summed E-state index contributed by atoms with van der Waals surface area (Å²) in [4.78, 5) is 41.7. The molecule has 0 unspecified atom stereocenters. The van der Waals surface area contributed by atoms with Gasteiger partial charge < -0.3 is 29.2 Å². The molecule has 0 aromatic heterocycles. The molecular formula is C33H42N2O7. The quantitative estimate of drug-likeness (QED) is 0.500. The second-order valence-corrected chi connectivity index (χ2v) is 13.0. The molecule has 1 saturated heterocycles. The normalized spacial score (nSPS) is 26.0. The number of esters is 1. The first-order valence-corrected chi connectivity index (χ1v) is 14.6. The van der Waals surface area contributed by atoms with Gasteiger partial charge in [0.05, 0.1) is 27.4 Å². The van der Waals surface area contributed by atoms with Crippen molar-refractivity contribution in [3.05, 3.63) is 47.5 Å². The van der Waals surface area contributed by atoms with Crippen molar-refractivity contribution in [2.45, 2.75) is 70.6 Å². The summed E-state index contributed by atoms with van der Waals surface area (Å²) in [5.74, 6) is -0.144. The maximum atomic E-state index is 14.2. The fourth-order valence-electron chi connectivity index (χ4n) is 6.31. The molecule has 1 aliphatic carbocycles. The van der Waals surface area contributed by atoms with Crippen molar-refractivity contribution in [2.75, 3.05) is 34.5 Å². The number of cyclic esters (lactones) is 1. The summed E-state index contributed by atoms with van der Waals surface area (Å²) in [5.41, 5.74) is 0.287. The van der Waals surface area contributed by atoms with E-state index in [1.807, 2.05) is 39.0 Å². The van der Waals surface area contributed by atoms with E-state index in [1.165, 1.54) is 12.0 Å². The Morgan fingerprint density at radius 1 is 1.05 bits per heavy atom. The second-order valence-electron chi connectivity index (χ2n) is 13.0. The molecule has 1 spiro atoms. The van der Waals surface area contributed by atoms with Crippen LogP contribution >= 0.6 is 0 Å². The monoisotopic (exact) mass is 578 g/mol. The fourth-order valence-corrected chi connectivity index (χ4v) is 6.31. The van der Waals surface area contributed by atoms with Crippen LogP contribution in [0.15, 0.2) is 36.4 Å². The Morgan fingerprint density at radius 2 is 1.81 bits per heavy atom. The molecule has 2 amide bonds. The Bertz CT molecular complexity index is 1410. The Hall–Kier alpha value is -3.59. The summed E-state index contributed by atoms with van der Waals surface area (Å²) in [6, 6.07) is 8.34. The van der Waals surface area contributed by atoms with Crippen molar-refractivity contribution < 1.29 is 33.3 Å². The van der Waals surface area contributed by atoms with Crippen LogP contribution in [0.4, 0.5) is 4.79 Å².